The van der Waals surface area contributed by atoms with Gasteiger partial charge in [-0.3, -0.25) is 4.79 Å². The highest BCUT2D eigenvalue weighted by molar-refractivity contribution is 5.83. The number of rotatable bonds is 21. The average molecular weight is 558 g/mol. The van der Waals surface area contributed by atoms with Gasteiger partial charge in [0.25, 0.3) is 5.60 Å². The van der Waals surface area contributed by atoms with Crippen LogP contribution in [0.2, 0.25) is 0 Å². The van der Waals surface area contributed by atoms with Crippen LogP contribution in [0, 0.1) is 0 Å². The highest BCUT2D eigenvalue weighted by Gasteiger charge is 2.64. The first-order valence-corrected chi connectivity index (χ1v) is 14.8. The van der Waals surface area contributed by atoms with Crippen molar-refractivity contribution in [1.82, 2.24) is 4.90 Å². The molecule has 0 saturated carbocycles. The molecule has 0 spiro atoms. The van der Waals surface area contributed by atoms with Crippen LogP contribution in [0.5, 0.6) is 0 Å². The second kappa shape index (κ2) is 19.1. The third-order valence-corrected chi connectivity index (χ3v) is 7.37. The van der Waals surface area contributed by atoms with Crippen LogP contribution in [0.1, 0.15) is 116 Å². The third-order valence-electron chi connectivity index (χ3n) is 7.37. The number of esters is 1. The fourth-order valence-corrected chi connectivity index (χ4v) is 4.94. The van der Waals surface area contributed by atoms with Crippen molar-refractivity contribution < 1.29 is 32.2 Å². The molecule has 0 unspecified atom stereocenters. The quantitative estimate of drug-likeness (QED) is 0.113. The standard InChI is InChI=1S/C31H50F3NO4/c1-5-8-9-10-11-12-13-14-15-16-20-23-27(24-25-28(36)35(6-2)7-3)39-29(37)30(38-4,31(32,33)34)26-21-18-17-19-22-26/h17-19,21-22,27H,5-16,20,23-25H2,1-4H3/t27-,30-/m0/s1. The molecular weight excluding hydrogens is 507 g/mol. The molecule has 0 radical (unpaired) electrons. The first kappa shape index (κ1) is 34.9. The molecule has 1 aromatic rings. The summed E-state index contributed by atoms with van der Waals surface area (Å²) >= 11 is 0. The van der Waals surface area contributed by atoms with Gasteiger partial charge >= 0.3 is 12.1 Å². The Morgan fingerprint density at radius 3 is 1.77 bits per heavy atom. The topological polar surface area (TPSA) is 55.8 Å². The molecule has 8 heteroatoms. The lowest BCUT2D eigenvalue weighted by molar-refractivity contribution is -0.278. The van der Waals surface area contributed by atoms with Gasteiger partial charge in [-0.25, -0.2) is 4.79 Å². The van der Waals surface area contributed by atoms with Crippen LogP contribution in [0.4, 0.5) is 13.2 Å². The van der Waals surface area contributed by atoms with Gasteiger partial charge in [0, 0.05) is 32.2 Å². The molecule has 39 heavy (non-hydrogen) atoms. The number of hydrogen-bond acceptors (Lipinski definition) is 4. The van der Waals surface area contributed by atoms with E-state index in [4.69, 9.17) is 9.47 Å². The first-order valence-electron chi connectivity index (χ1n) is 14.8. The maximum atomic E-state index is 14.3. The number of alkyl halides is 3. The van der Waals surface area contributed by atoms with Crippen molar-refractivity contribution in [1.29, 1.82) is 0 Å². The molecule has 0 aliphatic rings. The molecule has 0 bridgehead atoms. The highest BCUT2D eigenvalue weighted by Crippen LogP contribution is 2.43. The van der Waals surface area contributed by atoms with Crippen molar-refractivity contribution in [2.45, 2.75) is 129 Å². The van der Waals surface area contributed by atoms with E-state index in [2.05, 4.69) is 6.92 Å². The minimum atomic E-state index is -5.03. The first-order chi connectivity index (χ1) is 18.7. The molecule has 2 atom stereocenters. The SMILES string of the molecule is CCCCCCCCCCCCC[C@@H](CCC(=O)N(CC)CC)OC(=O)[C@@](OC)(c1ccccc1)C(F)(F)F. The van der Waals surface area contributed by atoms with Gasteiger partial charge in [-0.15, -0.1) is 0 Å². The number of amides is 1. The van der Waals surface area contributed by atoms with Gasteiger partial charge in [0.05, 0.1) is 0 Å². The molecule has 0 heterocycles. The van der Waals surface area contributed by atoms with E-state index in [0.717, 1.165) is 26.4 Å². The Hall–Kier alpha value is -2.09. The van der Waals surface area contributed by atoms with Crippen LogP contribution in [0.25, 0.3) is 0 Å². The number of ether oxygens (including phenoxy) is 2. The van der Waals surface area contributed by atoms with Crippen LogP contribution in [-0.4, -0.2) is 49.3 Å². The number of hydrogen-bond donors (Lipinski definition) is 0. The lowest BCUT2D eigenvalue weighted by Crippen LogP contribution is -2.52. The predicted molar refractivity (Wildman–Crippen MR) is 149 cm³/mol. The normalized spacial score (nSPS) is 14.0. The predicted octanol–water partition coefficient (Wildman–Crippen LogP) is 8.35. The second-order valence-electron chi connectivity index (χ2n) is 10.2. The van der Waals surface area contributed by atoms with E-state index in [9.17, 15) is 22.8 Å². The Labute approximate surface area is 233 Å². The van der Waals surface area contributed by atoms with Crippen LogP contribution in [-0.2, 0) is 24.7 Å². The molecule has 0 aromatic heterocycles. The summed E-state index contributed by atoms with van der Waals surface area (Å²) in [6.07, 6.45) is 7.42. The summed E-state index contributed by atoms with van der Waals surface area (Å²) in [6, 6.07) is 6.84. The fourth-order valence-electron chi connectivity index (χ4n) is 4.94. The maximum absolute atomic E-state index is 14.3. The highest BCUT2D eigenvalue weighted by atomic mass is 19.4. The molecule has 0 saturated heterocycles. The lowest BCUT2D eigenvalue weighted by atomic mass is 9.92. The summed E-state index contributed by atoms with van der Waals surface area (Å²) in [5.74, 6) is -1.59. The minimum absolute atomic E-state index is 0.100. The Morgan fingerprint density at radius 2 is 1.31 bits per heavy atom. The van der Waals surface area contributed by atoms with E-state index >= 15 is 0 Å². The Bertz CT molecular complexity index is 799. The van der Waals surface area contributed by atoms with Gasteiger partial charge in [0.2, 0.25) is 5.91 Å². The van der Waals surface area contributed by atoms with E-state index in [1.807, 2.05) is 13.8 Å². The summed E-state index contributed by atoms with van der Waals surface area (Å²) in [7, 11) is 0.866. The van der Waals surface area contributed by atoms with E-state index in [-0.39, 0.29) is 24.3 Å². The van der Waals surface area contributed by atoms with Crippen LogP contribution < -0.4 is 0 Å². The van der Waals surface area contributed by atoms with Crippen molar-refractivity contribution in [2.75, 3.05) is 20.2 Å². The Kier molecular flexibility index (Phi) is 17.1. The molecule has 0 aliphatic heterocycles. The van der Waals surface area contributed by atoms with Gasteiger partial charge in [-0.2, -0.15) is 13.2 Å². The number of benzene rings is 1. The Balaban J connectivity index is 2.81. The summed E-state index contributed by atoms with van der Waals surface area (Å²) in [5.41, 5.74) is -3.57. The van der Waals surface area contributed by atoms with Crippen molar-refractivity contribution in [3.8, 4) is 0 Å². The molecule has 0 aliphatic carbocycles. The van der Waals surface area contributed by atoms with Gasteiger partial charge in [-0.1, -0.05) is 101 Å². The minimum Gasteiger partial charge on any atom is -0.460 e. The zero-order valence-electron chi connectivity index (χ0n) is 24.5. The van der Waals surface area contributed by atoms with Crippen molar-refractivity contribution >= 4 is 11.9 Å². The molecule has 5 nitrogen and oxygen atoms in total. The largest absolute Gasteiger partial charge is 0.460 e. The van der Waals surface area contributed by atoms with E-state index in [1.54, 1.807) is 11.0 Å². The molecule has 0 N–H and O–H groups in total. The second-order valence-corrected chi connectivity index (χ2v) is 10.2. The van der Waals surface area contributed by atoms with Gasteiger partial charge in [0.15, 0.2) is 0 Å². The van der Waals surface area contributed by atoms with Crippen molar-refractivity contribution in [2.24, 2.45) is 0 Å². The zero-order valence-corrected chi connectivity index (χ0v) is 24.5. The lowest BCUT2D eigenvalue weighted by Gasteiger charge is -2.34. The third kappa shape index (κ3) is 11.5. The number of nitrogens with zero attached hydrogens (tertiary/aromatic N) is 1. The average Bonchev–Trinajstić information content (AvgIpc) is 2.91. The summed E-state index contributed by atoms with van der Waals surface area (Å²) in [5, 5.41) is 0. The van der Waals surface area contributed by atoms with Gasteiger partial charge in [-0.05, 0) is 33.1 Å². The van der Waals surface area contributed by atoms with Crippen LogP contribution >= 0.6 is 0 Å². The number of unbranched alkanes of at least 4 members (excludes halogenated alkanes) is 10. The maximum Gasteiger partial charge on any atom is 0.432 e. The molecule has 1 rings (SSSR count). The Morgan fingerprint density at radius 1 is 0.795 bits per heavy atom. The van der Waals surface area contributed by atoms with E-state index in [0.29, 0.717) is 25.9 Å². The monoisotopic (exact) mass is 557 g/mol. The zero-order chi connectivity index (χ0) is 29.2. The van der Waals surface area contributed by atoms with Crippen LogP contribution in [0.15, 0.2) is 30.3 Å². The van der Waals surface area contributed by atoms with Gasteiger partial charge in [0.1, 0.15) is 6.10 Å². The number of carbonyl (C=O) groups excluding carboxylic acids is 2. The molecule has 1 aromatic carbocycles. The smallest absolute Gasteiger partial charge is 0.432 e. The summed E-state index contributed by atoms with van der Waals surface area (Å²) < 4.78 is 53.4. The summed E-state index contributed by atoms with van der Waals surface area (Å²) in [4.78, 5) is 27.4. The molecule has 1 amide bonds. The van der Waals surface area contributed by atoms with Crippen molar-refractivity contribution in [3.05, 3.63) is 35.9 Å². The number of methoxy groups -OCH3 is 1. The molecule has 224 valence electrons. The van der Waals surface area contributed by atoms with Crippen LogP contribution in [0.3, 0.4) is 0 Å². The summed E-state index contributed by atoms with van der Waals surface area (Å²) in [6.45, 7) is 7.06. The number of carbonyl (C=O) groups is 2. The van der Waals surface area contributed by atoms with Crippen molar-refractivity contribution in [3.63, 3.8) is 0 Å². The van der Waals surface area contributed by atoms with E-state index in [1.165, 1.54) is 69.2 Å². The number of halogens is 3. The fraction of sp³-hybridized carbons (Fsp3) is 0.742. The van der Waals surface area contributed by atoms with E-state index < -0.39 is 23.9 Å². The molecule has 0 fully saturated rings. The van der Waals surface area contributed by atoms with Gasteiger partial charge < -0.3 is 14.4 Å². The molecular formula is C31H50F3NO4.